The van der Waals surface area contributed by atoms with E-state index in [1.54, 1.807) is 0 Å². The normalized spacial score (nSPS) is 12.8. The number of likely N-dealkylation sites (N-methyl/N-ethyl adjacent to an activating group) is 1. The van der Waals surface area contributed by atoms with Gasteiger partial charge in [-0.3, -0.25) is 4.98 Å². The number of hydrogen-bond donors (Lipinski definition) is 1. The molecule has 1 rings (SSSR count). The highest BCUT2D eigenvalue weighted by Gasteiger charge is 2.04. The van der Waals surface area contributed by atoms with Crippen LogP contribution in [-0.4, -0.2) is 18.1 Å². The molecule has 0 radical (unpaired) electrons. The van der Waals surface area contributed by atoms with Gasteiger partial charge in [0.15, 0.2) is 0 Å². The van der Waals surface area contributed by atoms with Gasteiger partial charge in [0, 0.05) is 24.4 Å². The number of pyridine rings is 1. The van der Waals surface area contributed by atoms with Gasteiger partial charge >= 0.3 is 0 Å². The van der Waals surface area contributed by atoms with Crippen molar-refractivity contribution >= 4 is 0 Å². The van der Waals surface area contributed by atoms with Gasteiger partial charge in [0.25, 0.3) is 0 Å². The van der Waals surface area contributed by atoms with Crippen LogP contribution in [0.3, 0.4) is 0 Å². The van der Waals surface area contributed by atoms with Gasteiger partial charge in [0.1, 0.15) is 0 Å². The Bertz CT molecular complexity index is 237. The second-order valence-corrected chi connectivity index (χ2v) is 3.42. The fraction of sp³-hybridized carbons (Fsp3) is 0.545. The highest BCUT2D eigenvalue weighted by atomic mass is 14.9. The molecule has 0 aliphatic heterocycles. The summed E-state index contributed by atoms with van der Waals surface area (Å²) in [7, 11) is 2.00. The first-order valence-electron chi connectivity index (χ1n) is 4.85. The molecule has 2 nitrogen and oxygen atoms in total. The monoisotopic (exact) mass is 178 g/mol. The molecule has 1 unspecified atom stereocenters. The molecular formula is C11H18N2. The van der Waals surface area contributed by atoms with Gasteiger partial charge in [-0.1, -0.05) is 13.0 Å². The van der Waals surface area contributed by atoms with Crippen molar-refractivity contribution in [2.45, 2.75) is 32.7 Å². The topological polar surface area (TPSA) is 24.9 Å². The smallest absolute Gasteiger partial charge is 0.0419 e. The molecule has 72 valence electrons. The lowest BCUT2D eigenvalue weighted by Crippen LogP contribution is -2.26. The van der Waals surface area contributed by atoms with E-state index in [1.165, 1.54) is 11.3 Å². The van der Waals surface area contributed by atoms with Gasteiger partial charge in [-0.05, 0) is 32.0 Å². The standard InChI is InChI=1S/C11H18N2/c1-4-10(12-3)7-11-6-5-9(2)8-13-11/h5-6,8,10,12H,4,7H2,1-3H3. The van der Waals surface area contributed by atoms with Gasteiger partial charge in [0.2, 0.25) is 0 Å². The SMILES string of the molecule is CCC(Cc1ccc(C)cn1)NC. The largest absolute Gasteiger partial charge is 0.317 e. The maximum absolute atomic E-state index is 4.37. The van der Waals surface area contributed by atoms with Crippen molar-refractivity contribution in [1.29, 1.82) is 0 Å². The fourth-order valence-corrected chi connectivity index (χ4v) is 1.32. The molecule has 1 aromatic heterocycles. The summed E-state index contributed by atoms with van der Waals surface area (Å²) in [6.07, 6.45) is 4.09. The summed E-state index contributed by atoms with van der Waals surface area (Å²) in [5, 5.41) is 3.27. The predicted molar refractivity (Wildman–Crippen MR) is 55.8 cm³/mol. The molecule has 1 aromatic rings. The van der Waals surface area contributed by atoms with Crippen molar-refractivity contribution in [2.24, 2.45) is 0 Å². The minimum absolute atomic E-state index is 0.551. The molecule has 0 spiro atoms. The van der Waals surface area contributed by atoms with Gasteiger partial charge in [-0.15, -0.1) is 0 Å². The summed E-state index contributed by atoms with van der Waals surface area (Å²) >= 11 is 0. The van der Waals surface area contributed by atoms with Crippen LogP contribution in [0.4, 0.5) is 0 Å². The zero-order chi connectivity index (χ0) is 9.68. The number of aromatic nitrogens is 1. The van der Waals surface area contributed by atoms with Gasteiger partial charge < -0.3 is 5.32 Å². The summed E-state index contributed by atoms with van der Waals surface area (Å²) in [4.78, 5) is 4.37. The Morgan fingerprint density at radius 2 is 2.23 bits per heavy atom. The lowest BCUT2D eigenvalue weighted by atomic mass is 10.1. The average Bonchev–Trinajstić information content (AvgIpc) is 2.17. The van der Waals surface area contributed by atoms with E-state index in [2.05, 4.69) is 36.3 Å². The molecule has 13 heavy (non-hydrogen) atoms. The van der Waals surface area contributed by atoms with Crippen LogP contribution in [0, 0.1) is 6.92 Å². The highest BCUT2D eigenvalue weighted by molar-refractivity contribution is 5.12. The first-order valence-corrected chi connectivity index (χ1v) is 4.85. The van der Waals surface area contributed by atoms with E-state index in [0.717, 1.165) is 12.8 Å². The average molecular weight is 178 g/mol. The summed E-state index contributed by atoms with van der Waals surface area (Å²) in [5.74, 6) is 0. The Kier molecular flexibility index (Phi) is 3.90. The summed E-state index contributed by atoms with van der Waals surface area (Å²) in [5.41, 5.74) is 2.40. The first-order chi connectivity index (χ1) is 6.26. The van der Waals surface area contributed by atoms with Crippen LogP contribution in [0.5, 0.6) is 0 Å². The maximum Gasteiger partial charge on any atom is 0.0419 e. The van der Waals surface area contributed by atoms with Crippen LogP contribution in [0.2, 0.25) is 0 Å². The lowest BCUT2D eigenvalue weighted by Gasteiger charge is -2.12. The molecule has 0 aliphatic carbocycles. The lowest BCUT2D eigenvalue weighted by molar-refractivity contribution is 0.537. The molecule has 0 aromatic carbocycles. The first kappa shape index (κ1) is 10.2. The molecule has 0 aliphatic rings. The minimum atomic E-state index is 0.551. The third kappa shape index (κ3) is 3.15. The second kappa shape index (κ2) is 4.97. The number of rotatable bonds is 4. The molecule has 0 saturated heterocycles. The minimum Gasteiger partial charge on any atom is -0.317 e. The van der Waals surface area contributed by atoms with E-state index >= 15 is 0 Å². The third-order valence-electron chi connectivity index (χ3n) is 2.33. The molecule has 2 heteroatoms. The molecule has 0 saturated carbocycles. The van der Waals surface area contributed by atoms with Crippen LogP contribution in [0.25, 0.3) is 0 Å². The van der Waals surface area contributed by atoms with Gasteiger partial charge in [-0.2, -0.15) is 0 Å². The maximum atomic E-state index is 4.37. The van der Waals surface area contributed by atoms with Crippen LogP contribution >= 0.6 is 0 Å². The van der Waals surface area contributed by atoms with E-state index in [0.29, 0.717) is 6.04 Å². The molecule has 0 bridgehead atoms. The molecule has 1 N–H and O–H groups in total. The van der Waals surface area contributed by atoms with Crippen molar-refractivity contribution < 1.29 is 0 Å². The summed E-state index contributed by atoms with van der Waals surface area (Å²) in [6, 6.07) is 4.77. The molecule has 1 heterocycles. The third-order valence-corrected chi connectivity index (χ3v) is 2.33. The Labute approximate surface area is 80.4 Å². The van der Waals surface area contributed by atoms with E-state index < -0.39 is 0 Å². The van der Waals surface area contributed by atoms with Crippen LogP contribution < -0.4 is 5.32 Å². The Hall–Kier alpha value is -0.890. The summed E-state index contributed by atoms with van der Waals surface area (Å²) in [6.45, 7) is 4.25. The van der Waals surface area contributed by atoms with Crippen molar-refractivity contribution in [3.63, 3.8) is 0 Å². The predicted octanol–water partition coefficient (Wildman–Crippen LogP) is 1.93. The fourth-order valence-electron chi connectivity index (χ4n) is 1.32. The molecule has 1 atom stereocenters. The number of nitrogens with one attached hydrogen (secondary N) is 1. The van der Waals surface area contributed by atoms with Crippen molar-refractivity contribution in [1.82, 2.24) is 10.3 Å². The number of hydrogen-bond acceptors (Lipinski definition) is 2. The Morgan fingerprint density at radius 3 is 2.69 bits per heavy atom. The zero-order valence-electron chi connectivity index (χ0n) is 8.67. The molecule has 0 amide bonds. The quantitative estimate of drug-likeness (QED) is 0.762. The summed E-state index contributed by atoms with van der Waals surface area (Å²) < 4.78 is 0. The van der Waals surface area contributed by atoms with Crippen LogP contribution in [-0.2, 0) is 6.42 Å². The van der Waals surface area contributed by atoms with Crippen LogP contribution in [0.15, 0.2) is 18.3 Å². The highest BCUT2D eigenvalue weighted by Crippen LogP contribution is 2.03. The van der Waals surface area contributed by atoms with Crippen molar-refractivity contribution in [2.75, 3.05) is 7.05 Å². The molecular weight excluding hydrogens is 160 g/mol. The van der Waals surface area contributed by atoms with E-state index in [1.807, 2.05) is 13.2 Å². The van der Waals surface area contributed by atoms with Gasteiger partial charge in [0.05, 0.1) is 0 Å². The van der Waals surface area contributed by atoms with Crippen molar-refractivity contribution in [3.05, 3.63) is 29.6 Å². The van der Waals surface area contributed by atoms with E-state index in [-0.39, 0.29) is 0 Å². The van der Waals surface area contributed by atoms with Crippen molar-refractivity contribution in [3.8, 4) is 0 Å². The molecule has 0 fully saturated rings. The number of aryl methyl sites for hydroxylation is 1. The van der Waals surface area contributed by atoms with Gasteiger partial charge in [-0.25, -0.2) is 0 Å². The zero-order valence-corrected chi connectivity index (χ0v) is 8.67. The number of nitrogens with zero attached hydrogens (tertiary/aromatic N) is 1. The Balaban J connectivity index is 2.58. The Morgan fingerprint density at radius 1 is 1.46 bits per heavy atom. The van der Waals surface area contributed by atoms with E-state index in [9.17, 15) is 0 Å². The second-order valence-electron chi connectivity index (χ2n) is 3.42. The van der Waals surface area contributed by atoms with Crippen LogP contribution in [0.1, 0.15) is 24.6 Å². The van der Waals surface area contributed by atoms with E-state index in [4.69, 9.17) is 0 Å².